The van der Waals surface area contributed by atoms with Crippen molar-refractivity contribution in [3.63, 3.8) is 0 Å². The van der Waals surface area contributed by atoms with E-state index < -0.39 is 35.8 Å². The zero-order valence-corrected chi connectivity index (χ0v) is 28.5. The predicted octanol–water partition coefficient (Wildman–Crippen LogP) is 5.49. The Kier molecular flexibility index (Phi) is 12.4. The maximum atomic E-state index is 13.8. The average Bonchev–Trinajstić information content (AvgIpc) is 3.45. The first-order valence-corrected chi connectivity index (χ1v) is 17.4. The van der Waals surface area contributed by atoms with Crippen LogP contribution in [0.25, 0.3) is 0 Å². The van der Waals surface area contributed by atoms with E-state index in [9.17, 15) is 29.1 Å². The largest absolute Gasteiger partial charge is 0.481 e. The molecule has 1 aliphatic heterocycles. The number of nitrogens with zero attached hydrogens (tertiary/aromatic N) is 1. The van der Waals surface area contributed by atoms with E-state index in [0.717, 1.165) is 38.5 Å². The van der Waals surface area contributed by atoms with Gasteiger partial charge in [0.05, 0.1) is 0 Å². The molecule has 3 fully saturated rings. The van der Waals surface area contributed by atoms with Gasteiger partial charge in [0, 0.05) is 47.6 Å². The maximum absolute atomic E-state index is 13.8. The smallest absolute Gasteiger partial charge is 0.303 e. The molecule has 4 rings (SSSR count). The number of carbonyl (C=O) groups is 5. The Labute approximate surface area is 281 Å². The molecule has 1 aromatic carbocycles. The second kappa shape index (κ2) is 15.8. The predicted molar refractivity (Wildman–Crippen MR) is 177 cm³/mol. The lowest BCUT2D eigenvalue weighted by Crippen LogP contribution is -2.53. The molecule has 0 radical (unpaired) electrons. The molecule has 0 aromatic heterocycles. The first-order valence-electron chi connectivity index (χ1n) is 16.6. The molecule has 4 amide bonds. The fourth-order valence-electron chi connectivity index (χ4n) is 7.15. The molecule has 4 N–H and O–H groups in total. The normalized spacial score (nSPS) is 20.5. The van der Waals surface area contributed by atoms with Gasteiger partial charge < -0.3 is 26.0 Å². The van der Waals surface area contributed by atoms with Crippen LogP contribution in [0.1, 0.15) is 114 Å². The highest BCUT2D eigenvalue weighted by Crippen LogP contribution is 2.46. The molecular weight excluding hydrogens is 631 g/mol. The number of hydrogen-bond acceptors (Lipinski definition) is 5. The van der Waals surface area contributed by atoms with Crippen molar-refractivity contribution in [2.75, 3.05) is 13.1 Å². The monoisotopic (exact) mass is 678 g/mol. The Bertz CT molecular complexity index is 1260. The SMILES string of the molecule is CC1(C)CCC(NC(=O)[C@@H](CCC(=O)O)NC(=O)CCC(NC(=O)c2cc(Cl)cc(Cl)c2)C(=O)N2CCC3(CCCC3)CC2)CC1. The van der Waals surface area contributed by atoms with E-state index in [4.69, 9.17) is 23.2 Å². The summed E-state index contributed by atoms with van der Waals surface area (Å²) in [5.74, 6) is -2.78. The summed E-state index contributed by atoms with van der Waals surface area (Å²) >= 11 is 12.2. The number of carbonyl (C=O) groups excluding carboxylic acids is 4. The van der Waals surface area contributed by atoms with Crippen LogP contribution in [0, 0.1) is 10.8 Å². The highest BCUT2D eigenvalue weighted by molar-refractivity contribution is 6.35. The number of nitrogens with one attached hydrogen (secondary N) is 3. The van der Waals surface area contributed by atoms with Crippen LogP contribution in [-0.2, 0) is 19.2 Å². The Hall–Kier alpha value is -2.85. The summed E-state index contributed by atoms with van der Waals surface area (Å²) in [4.78, 5) is 66.5. The lowest BCUT2D eigenvalue weighted by atomic mass is 9.75. The molecule has 1 heterocycles. The van der Waals surface area contributed by atoms with Crippen molar-refractivity contribution in [1.29, 1.82) is 0 Å². The number of benzene rings is 1. The second-order valence-electron chi connectivity index (χ2n) is 14.3. The van der Waals surface area contributed by atoms with Gasteiger partial charge >= 0.3 is 5.97 Å². The number of piperidine rings is 1. The van der Waals surface area contributed by atoms with E-state index in [1.165, 1.54) is 43.9 Å². The molecule has 1 saturated heterocycles. The van der Waals surface area contributed by atoms with Crippen LogP contribution in [0.15, 0.2) is 18.2 Å². The van der Waals surface area contributed by atoms with Gasteiger partial charge in [0.2, 0.25) is 17.7 Å². The Balaban J connectivity index is 1.41. The molecule has 46 heavy (non-hydrogen) atoms. The number of likely N-dealkylation sites (tertiary alicyclic amines) is 1. The van der Waals surface area contributed by atoms with Gasteiger partial charge in [0.25, 0.3) is 5.91 Å². The van der Waals surface area contributed by atoms with Gasteiger partial charge in [-0.15, -0.1) is 0 Å². The molecule has 1 unspecified atom stereocenters. The number of carboxylic acid groups (broad SMARTS) is 1. The Morgan fingerprint density at radius 1 is 0.848 bits per heavy atom. The summed E-state index contributed by atoms with van der Waals surface area (Å²) in [5.41, 5.74) is 0.707. The van der Waals surface area contributed by atoms with Crippen molar-refractivity contribution in [2.45, 2.75) is 122 Å². The maximum Gasteiger partial charge on any atom is 0.303 e. The zero-order chi connectivity index (χ0) is 33.5. The van der Waals surface area contributed by atoms with Gasteiger partial charge in [-0.3, -0.25) is 24.0 Å². The lowest BCUT2D eigenvalue weighted by Gasteiger charge is -2.40. The van der Waals surface area contributed by atoms with E-state index in [-0.39, 0.29) is 58.7 Å². The van der Waals surface area contributed by atoms with Crippen molar-refractivity contribution in [3.8, 4) is 0 Å². The summed E-state index contributed by atoms with van der Waals surface area (Å²) in [7, 11) is 0. The summed E-state index contributed by atoms with van der Waals surface area (Å²) in [6.45, 7) is 5.58. The molecule has 254 valence electrons. The van der Waals surface area contributed by atoms with Crippen LogP contribution >= 0.6 is 23.2 Å². The van der Waals surface area contributed by atoms with Gasteiger partial charge in [-0.1, -0.05) is 49.9 Å². The van der Waals surface area contributed by atoms with Gasteiger partial charge in [-0.05, 0) is 93.2 Å². The van der Waals surface area contributed by atoms with E-state index in [1.54, 1.807) is 4.90 Å². The van der Waals surface area contributed by atoms with E-state index in [0.29, 0.717) is 18.5 Å². The van der Waals surface area contributed by atoms with Gasteiger partial charge in [-0.2, -0.15) is 0 Å². The van der Waals surface area contributed by atoms with Crippen molar-refractivity contribution in [3.05, 3.63) is 33.8 Å². The van der Waals surface area contributed by atoms with Crippen molar-refractivity contribution in [2.24, 2.45) is 10.8 Å². The Morgan fingerprint density at radius 2 is 1.43 bits per heavy atom. The van der Waals surface area contributed by atoms with Crippen molar-refractivity contribution >= 4 is 52.8 Å². The number of halogens is 2. The number of rotatable bonds is 12. The van der Waals surface area contributed by atoms with Gasteiger partial charge in [0.15, 0.2) is 0 Å². The molecule has 2 atom stereocenters. The molecule has 10 nitrogen and oxygen atoms in total. The number of aliphatic carboxylic acids is 1. The molecule has 2 saturated carbocycles. The number of carboxylic acids is 1. The third kappa shape index (κ3) is 10.3. The standard InChI is InChI=1S/C34H48Cl2N4O6/c1-33(2)13-9-25(10-14-33)37-31(45)26(6-8-29(42)43)38-28(41)7-5-27(39-30(44)22-19-23(35)21-24(36)20-22)32(46)40-17-15-34(16-18-40)11-3-4-12-34/h19-21,25-27H,3-18H2,1-2H3,(H,37,45)(H,38,41)(H,39,44)(H,42,43)/t26-,27?/m1/s1. The fraction of sp³-hybridized carbons (Fsp3) is 0.676. The minimum Gasteiger partial charge on any atom is -0.481 e. The van der Waals surface area contributed by atoms with Crippen molar-refractivity contribution < 1.29 is 29.1 Å². The molecule has 0 bridgehead atoms. The molecule has 1 spiro atoms. The molecule has 1 aromatic rings. The quantitative estimate of drug-likeness (QED) is 0.230. The first-order chi connectivity index (χ1) is 21.7. The van der Waals surface area contributed by atoms with Crippen LogP contribution in [0.2, 0.25) is 10.0 Å². The summed E-state index contributed by atoms with van der Waals surface area (Å²) in [5, 5.41) is 18.3. The topological polar surface area (TPSA) is 145 Å². The average molecular weight is 680 g/mol. The summed E-state index contributed by atoms with van der Waals surface area (Å²) < 4.78 is 0. The lowest BCUT2D eigenvalue weighted by molar-refractivity contribution is -0.138. The number of amides is 4. The summed E-state index contributed by atoms with van der Waals surface area (Å²) in [6.07, 6.45) is 9.69. The van der Waals surface area contributed by atoms with Gasteiger partial charge in [0.1, 0.15) is 12.1 Å². The van der Waals surface area contributed by atoms with E-state index in [1.807, 2.05) is 0 Å². The zero-order valence-electron chi connectivity index (χ0n) is 27.0. The molecule has 2 aliphatic carbocycles. The third-order valence-electron chi connectivity index (χ3n) is 10.2. The minimum atomic E-state index is -1.07. The highest BCUT2D eigenvalue weighted by Gasteiger charge is 2.39. The summed E-state index contributed by atoms with van der Waals surface area (Å²) in [6, 6.07) is 2.37. The Morgan fingerprint density at radius 3 is 2.02 bits per heavy atom. The van der Waals surface area contributed by atoms with Crippen LogP contribution in [0.4, 0.5) is 0 Å². The van der Waals surface area contributed by atoms with Crippen LogP contribution in [0.3, 0.4) is 0 Å². The molecule has 12 heteroatoms. The van der Waals surface area contributed by atoms with Gasteiger partial charge in [-0.25, -0.2) is 0 Å². The second-order valence-corrected chi connectivity index (χ2v) is 15.1. The minimum absolute atomic E-state index is 0.00265. The molecular formula is C34H48Cl2N4O6. The first kappa shape index (κ1) is 36.0. The highest BCUT2D eigenvalue weighted by atomic mass is 35.5. The number of hydrogen-bond donors (Lipinski definition) is 4. The van der Waals surface area contributed by atoms with Crippen LogP contribution < -0.4 is 16.0 Å². The van der Waals surface area contributed by atoms with Crippen LogP contribution in [-0.4, -0.2) is 70.8 Å². The van der Waals surface area contributed by atoms with Crippen molar-refractivity contribution in [1.82, 2.24) is 20.9 Å². The molecule has 3 aliphatic rings. The fourth-order valence-corrected chi connectivity index (χ4v) is 7.68. The van der Waals surface area contributed by atoms with E-state index >= 15 is 0 Å². The van der Waals surface area contributed by atoms with Crippen LogP contribution in [0.5, 0.6) is 0 Å². The third-order valence-corrected chi connectivity index (χ3v) is 10.6. The van der Waals surface area contributed by atoms with E-state index in [2.05, 4.69) is 29.8 Å².